The van der Waals surface area contributed by atoms with Gasteiger partial charge in [0, 0.05) is 36.5 Å². The second-order valence-electron chi connectivity index (χ2n) is 7.80. The molecule has 3 aromatic rings. The number of anilines is 2. The summed E-state index contributed by atoms with van der Waals surface area (Å²) in [5.41, 5.74) is 4.57. The highest BCUT2D eigenvalue weighted by Crippen LogP contribution is 2.42. The van der Waals surface area contributed by atoms with Crippen LogP contribution in [0.5, 0.6) is 5.75 Å². The highest BCUT2D eigenvalue weighted by Gasteiger charge is 2.42. The molecule has 0 bridgehead atoms. The monoisotopic (exact) mass is 391 g/mol. The van der Waals surface area contributed by atoms with E-state index in [9.17, 15) is 0 Å². The highest BCUT2D eigenvalue weighted by atomic mass is 16.7. The number of nitrogens with zero attached hydrogens (tertiary/aromatic N) is 4. The zero-order chi connectivity index (χ0) is 19.8. The lowest BCUT2D eigenvalue weighted by molar-refractivity contribution is -0.0126. The number of benzene rings is 1. The molecule has 7 heteroatoms. The van der Waals surface area contributed by atoms with Crippen molar-refractivity contribution < 1.29 is 9.57 Å². The van der Waals surface area contributed by atoms with E-state index in [-0.39, 0.29) is 5.60 Å². The lowest BCUT2D eigenvalue weighted by Crippen LogP contribution is -2.24. The van der Waals surface area contributed by atoms with Crippen molar-refractivity contribution in [3.05, 3.63) is 42.2 Å². The average Bonchev–Trinajstić information content (AvgIpc) is 3.49. The van der Waals surface area contributed by atoms with Gasteiger partial charge in [-0.1, -0.05) is 11.2 Å². The van der Waals surface area contributed by atoms with Gasteiger partial charge in [-0.2, -0.15) is 5.10 Å². The van der Waals surface area contributed by atoms with Gasteiger partial charge in [-0.3, -0.25) is 0 Å². The predicted molar refractivity (Wildman–Crippen MR) is 113 cm³/mol. The predicted octanol–water partition coefficient (Wildman–Crippen LogP) is 4.64. The summed E-state index contributed by atoms with van der Waals surface area (Å²) in [7, 11) is 1.67. The molecule has 1 aliphatic carbocycles. The number of hydrogen-bond donors (Lipinski definition) is 1. The Kier molecular flexibility index (Phi) is 4.38. The van der Waals surface area contributed by atoms with Crippen LogP contribution < -0.4 is 10.1 Å². The summed E-state index contributed by atoms with van der Waals surface area (Å²) in [6, 6.07) is 7.90. The third-order valence-electron chi connectivity index (χ3n) is 5.97. The number of rotatable bonds is 5. The zero-order valence-electron chi connectivity index (χ0n) is 16.8. The molecular weight excluding hydrogens is 366 g/mol. The van der Waals surface area contributed by atoms with Crippen LogP contribution in [-0.4, -0.2) is 33.2 Å². The van der Waals surface area contributed by atoms with Crippen molar-refractivity contribution >= 4 is 28.1 Å². The van der Waals surface area contributed by atoms with Crippen LogP contribution in [0.1, 0.15) is 44.6 Å². The first-order valence-electron chi connectivity index (χ1n) is 10.2. The Morgan fingerprint density at radius 1 is 1.24 bits per heavy atom. The lowest BCUT2D eigenvalue weighted by Gasteiger charge is -2.19. The Hall–Kier alpha value is -3.09. The molecule has 1 aliphatic heterocycles. The Bertz CT molecular complexity index is 1080. The molecule has 1 aromatic carbocycles. The van der Waals surface area contributed by atoms with E-state index in [0.29, 0.717) is 0 Å². The van der Waals surface area contributed by atoms with Crippen LogP contribution in [0.2, 0.25) is 0 Å². The van der Waals surface area contributed by atoms with Crippen LogP contribution in [0.25, 0.3) is 11.0 Å². The number of pyridine rings is 1. The van der Waals surface area contributed by atoms with E-state index in [0.717, 1.165) is 65.2 Å². The fraction of sp³-hybridized carbons (Fsp3) is 0.409. The van der Waals surface area contributed by atoms with Crippen molar-refractivity contribution in [2.45, 2.75) is 51.2 Å². The van der Waals surface area contributed by atoms with E-state index in [2.05, 4.69) is 22.5 Å². The van der Waals surface area contributed by atoms with Gasteiger partial charge in [0.1, 0.15) is 11.4 Å². The summed E-state index contributed by atoms with van der Waals surface area (Å²) < 4.78 is 7.29. The highest BCUT2D eigenvalue weighted by molar-refractivity contribution is 6.11. The summed E-state index contributed by atoms with van der Waals surface area (Å²) in [5.74, 6) is 0.803. The standard InChI is InChI=1S/C22H25N5O2/c1-3-27-21-18(14-24-27)20(25-15-7-6-8-16(11-15)28-2)17(13-23-21)19-12-22(29-26-19)9-4-5-10-22/h6-8,11,13-14H,3-5,9-10,12H2,1-2H3,(H,23,25). The normalized spacial score (nSPS) is 17.5. The number of hydrogen-bond acceptors (Lipinski definition) is 6. The first kappa shape index (κ1) is 18.0. The molecule has 5 rings (SSSR count). The van der Waals surface area contributed by atoms with Crippen molar-refractivity contribution in [1.29, 1.82) is 0 Å². The molecule has 1 spiro atoms. The molecule has 29 heavy (non-hydrogen) atoms. The Balaban J connectivity index is 1.59. The van der Waals surface area contributed by atoms with Crippen LogP contribution in [0.3, 0.4) is 0 Å². The molecule has 1 saturated carbocycles. The third kappa shape index (κ3) is 3.10. The molecule has 2 aliphatic rings. The van der Waals surface area contributed by atoms with E-state index < -0.39 is 0 Å². The molecule has 2 aromatic heterocycles. The maximum absolute atomic E-state index is 5.94. The molecule has 0 saturated heterocycles. The average molecular weight is 391 g/mol. The van der Waals surface area contributed by atoms with Gasteiger partial charge < -0.3 is 14.9 Å². The molecular formula is C22H25N5O2. The fourth-order valence-corrected chi connectivity index (χ4v) is 4.41. The van der Waals surface area contributed by atoms with Crippen molar-refractivity contribution in [2.24, 2.45) is 5.16 Å². The smallest absolute Gasteiger partial charge is 0.159 e. The largest absolute Gasteiger partial charge is 0.497 e. The molecule has 0 radical (unpaired) electrons. The second kappa shape index (κ2) is 7.06. The first-order chi connectivity index (χ1) is 14.2. The third-order valence-corrected chi connectivity index (χ3v) is 5.97. The minimum atomic E-state index is -0.120. The summed E-state index contributed by atoms with van der Waals surface area (Å²) in [5, 5.41) is 13.6. The maximum atomic E-state index is 5.94. The van der Waals surface area contributed by atoms with E-state index in [4.69, 9.17) is 14.6 Å². The number of aryl methyl sites for hydroxylation is 1. The molecule has 7 nitrogen and oxygen atoms in total. The zero-order valence-corrected chi connectivity index (χ0v) is 16.8. The van der Waals surface area contributed by atoms with Crippen LogP contribution in [0.4, 0.5) is 11.4 Å². The minimum Gasteiger partial charge on any atom is -0.497 e. The minimum absolute atomic E-state index is 0.120. The van der Waals surface area contributed by atoms with Crippen molar-refractivity contribution in [1.82, 2.24) is 14.8 Å². The number of ether oxygens (including phenoxy) is 1. The molecule has 1 N–H and O–H groups in total. The summed E-state index contributed by atoms with van der Waals surface area (Å²) in [6.45, 7) is 2.83. The topological polar surface area (TPSA) is 73.6 Å². The summed E-state index contributed by atoms with van der Waals surface area (Å²) in [4.78, 5) is 10.6. The van der Waals surface area contributed by atoms with Crippen LogP contribution in [0, 0.1) is 0 Å². The lowest BCUT2D eigenvalue weighted by atomic mass is 9.92. The number of methoxy groups -OCH3 is 1. The van der Waals surface area contributed by atoms with Gasteiger partial charge >= 0.3 is 0 Å². The van der Waals surface area contributed by atoms with Crippen molar-refractivity contribution in [3.8, 4) is 5.75 Å². The number of oxime groups is 1. The van der Waals surface area contributed by atoms with Gasteiger partial charge in [-0.25, -0.2) is 9.67 Å². The van der Waals surface area contributed by atoms with Gasteiger partial charge in [0.05, 0.1) is 30.1 Å². The van der Waals surface area contributed by atoms with Crippen LogP contribution in [0.15, 0.2) is 41.8 Å². The van der Waals surface area contributed by atoms with Gasteiger partial charge in [-0.15, -0.1) is 0 Å². The number of aromatic nitrogens is 3. The first-order valence-corrected chi connectivity index (χ1v) is 10.2. The van der Waals surface area contributed by atoms with E-state index in [1.54, 1.807) is 7.11 Å². The van der Waals surface area contributed by atoms with E-state index >= 15 is 0 Å². The maximum Gasteiger partial charge on any atom is 0.159 e. The molecule has 0 amide bonds. The van der Waals surface area contributed by atoms with E-state index in [1.807, 2.05) is 41.3 Å². The Morgan fingerprint density at radius 3 is 2.90 bits per heavy atom. The molecule has 0 unspecified atom stereocenters. The fourth-order valence-electron chi connectivity index (χ4n) is 4.41. The molecule has 3 heterocycles. The van der Waals surface area contributed by atoms with Crippen LogP contribution in [-0.2, 0) is 11.4 Å². The molecule has 0 atom stereocenters. The number of nitrogens with one attached hydrogen (secondary N) is 1. The summed E-state index contributed by atoms with van der Waals surface area (Å²) >= 11 is 0. The Labute approximate surface area is 169 Å². The molecule has 150 valence electrons. The quantitative estimate of drug-likeness (QED) is 0.686. The van der Waals surface area contributed by atoms with Gasteiger partial charge in [-0.05, 0) is 44.7 Å². The summed E-state index contributed by atoms with van der Waals surface area (Å²) in [6.07, 6.45) is 9.16. The Morgan fingerprint density at radius 2 is 2.10 bits per heavy atom. The number of fused-ring (bicyclic) bond motifs is 1. The van der Waals surface area contributed by atoms with Gasteiger partial charge in [0.2, 0.25) is 0 Å². The van der Waals surface area contributed by atoms with Gasteiger partial charge in [0.25, 0.3) is 0 Å². The van der Waals surface area contributed by atoms with E-state index in [1.165, 1.54) is 12.8 Å². The molecule has 1 fully saturated rings. The second-order valence-corrected chi connectivity index (χ2v) is 7.80. The van der Waals surface area contributed by atoms with Crippen LogP contribution >= 0.6 is 0 Å². The van der Waals surface area contributed by atoms with Crippen molar-refractivity contribution in [3.63, 3.8) is 0 Å². The SMILES string of the molecule is CCn1ncc2c(Nc3cccc(OC)c3)c(C3=NOC4(CCCC4)C3)cnc21. The van der Waals surface area contributed by atoms with Crippen molar-refractivity contribution in [2.75, 3.05) is 12.4 Å². The van der Waals surface area contributed by atoms with Gasteiger partial charge in [0.15, 0.2) is 5.65 Å².